The molecule has 0 fully saturated rings. The van der Waals surface area contributed by atoms with Gasteiger partial charge in [0.15, 0.2) is 0 Å². The van der Waals surface area contributed by atoms with Crippen LogP contribution in [0.1, 0.15) is 25.3 Å². The van der Waals surface area contributed by atoms with Gasteiger partial charge in [0.25, 0.3) is 0 Å². The molecule has 0 aliphatic heterocycles. The summed E-state index contributed by atoms with van der Waals surface area (Å²) >= 11 is -0.826. The van der Waals surface area contributed by atoms with Crippen molar-refractivity contribution in [2.24, 2.45) is 0 Å². The van der Waals surface area contributed by atoms with E-state index in [4.69, 9.17) is 17.0 Å². The second-order valence-electron chi connectivity index (χ2n) is 7.00. The van der Waals surface area contributed by atoms with Gasteiger partial charge in [0.05, 0.1) is 0 Å². The van der Waals surface area contributed by atoms with Crippen molar-refractivity contribution >= 4 is 37.1 Å². The Morgan fingerprint density at radius 3 is 2.32 bits per heavy atom. The van der Waals surface area contributed by atoms with Gasteiger partial charge in [-0.05, 0) is 18.4 Å². The Morgan fingerprint density at radius 1 is 1.04 bits per heavy atom. The third-order valence-corrected chi connectivity index (χ3v) is 6.58. The summed E-state index contributed by atoms with van der Waals surface area (Å²) in [6.07, 6.45) is 12.5. The third-order valence-electron chi connectivity index (χ3n) is 5.09. The van der Waals surface area contributed by atoms with Crippen LogP contribution in [-0.4, -0.2) is 8.41 Å². The summed E-state index contributed by atoms with van der Waals surface area (Å²) < 4.78 is 0. The molecule has 0 saturated heterocycles. The fraction of sp³-hybridized carbons (Fsp3) is 0.208. The van der Waals surface area contributed by atoms with Gasteiger partial charge in [0.1, 0.15) is 0 Å². The minimum atomic E-state index is -0.826. The third kappa shape index (κ3) is 4.51. The Morgan fingerprint density at radius 2 is 1.75 bits per heavy atom. The molecule has 0 heterocycles. The fourth-order valence-corrected chi connectivity index (χ4v) is 5.10. The van der Waals surface area contributed by atoms with Crippen molar-refractivity contribution in [2.45, 2.75) is 32.9 Å². The topological polar surface area (TPSA) is 0 Å². The predicted octanol–water partition coefficient (Wildman–Crippen LogP) is 7.04. The molecule has 2 aliphatic carbocycles. The van der Waals surface area contributed by atoms with Crippen molar-refractivity contribution < 1.29 is 20.8 Å². The monoisotopic (exact) mass is 499 g/mol. The van der Waals surface area contributed by atoms with Crippen molar-refractivity contribution in [1.29, 1.82) is 0 Å². The van der Waals surface area contributed by atoms with Gasteiger partial charge in [-0.25, -0.2) is 0 Å². The van der Waals surface area contributed by atoms with E-state index in [1.807, 2.05) is 0 Å². The second kappa shape index (κ2) is 10.3. The maximum absolute atomic E-state index is 4.93. The summed E-state index contributed by atoms with van der Waals surface area (Å²) in [5.41, 5.74) is 8.44. The zero-order valence-corrected chi connectivity index (χ0v) is 21.4. The van der Waals surface area contributed by atoms with Crippen molar-refractivity contribution in [3.05, 3.63) is 87.4 Å². The Balaban J connectivity index is 0.000000706. The number of hydrogen-bond donors (Lipinski definition) is 0. The van der Waals surface area contributed by atoms with Gasteiger partial charge < -0.3 is 0 Å². The van der Waals surface area contributed by atoms with E-state index in [1.54, 1.807) is 0 Å². The molecule has 2 aromatic carbocycles. The molecule has 0 nitrogen and oxygen atoms in total. The van der Waals surface area contributed by atoms with E-state index >= 15 is 0 Å². The van der Waals surface area contributed by atoms with Crippen molar-refractivity contribution in [2.75, 3.05) is 0 Å². The van der Waals surface area contributed by atoms with Crippen LogP contribution in [0.15, 0.2) is 71.8 Å². The van der Waals surface area contributed by atoms with Crippen LogP contribution < -0.4 is 5.22 Å². The van der Waals surface area contributed by atoms with Crippen molar-refractivity contribution in [1.82, 2.24) is 0 Å². The van der Waals surface area contributed by atoms with Crippen LogP contribution in [-0.2, 0) is 20.8 Å². The molecule has 4 rings (SSSR count). The number of fused-ring (bicyclic) bond motifs is 1. The zero-order chi connectivity index (χ0) is 20.1. The standard InChI is InChI=1S/C24H23Si.2ClH.Zr/c1-4-17-16-20-14-15-21(25(2)3)23(19-10-6-5-7-11-19)24(20)22(17)18-12-8-9-13-18;;;/h5-12,14-15H,4,13H2,1-3H3;2*1H;/q-1;;;+2/p-2. The zero-order valence-electron chi connectivity index (χ0n) is 16.4. The fourth-order valence-electron chi connectivity index (χ4n) is 3.92. The molecule has 0 spiro atoms. The van der Waals surface area contributed by atoms with Gasteiger partial charge in [-0.1, -0.05) is 84.5 Å². The van der Waals surface area contributed by atoms with E-state index in [2.05, 4.69) is 86.8 Å². The summed E-state index contributed by atoms with van der Waals surface area (Å²) in [6, 6.07) is 15.6. The van der Waals surface area contributed by atoms with E-state index in [9.17, 15) is 0 Å². The molecule has 28 heavy (non-hydrogen) atoms. The number of benzene rings is 2. The molecule has 0 radical (unpaired) electrons. The average molecular weight is 502 g/mol. The van der Waals surface area contributed by atoms with Crippen LogP contribution in [0.4, 0.5) is 0 Å². The number of allylic oxidation sites excluding steroid dienone is 6. The molecular weight excluding hydrogens is 478 g/mol. The molecular formula is C24H23Cl2SiZr-. The van der Waals surface area contributed by atoms with Crippen LogP contribution in [0.25, 0.3) is 22.8 Å². The Hall–Kier alpha value is -0.790. The average Bonchev–Trinajstić information content (AvgIpc) is 3.35. The number of halogens is 2. The van der Waals surface area contributed by atoms with E-state index in [0.29, 0.717) is 0 Å². The number of hydrogen-bond acceptors (Lipinski definition) is 0. The Kier molecular flexibility index (Phi) is 8.06. The SMILES string of the molecule is CCC1=C(C2=CC=CC2)c2c(-c3ccccc3)c(=[Si](C)C)ccc2=[C-]1.[Cl][Zr][Cl]. The van der Waals surface area contributed by atoms with E-state index in [-0.39, 0.29) is 0 Å². The predicted molar refractivity (Wildman–Crippen MR) is 122 cm³/mol. The molecule has 0 amide bonds. The van der Waals surface area contributed by atoms with E-state index in [0.717, 1.165) is 12.8 Å². The van der Waals surface area contributed by atoms with Crippen LogP contribution in [0.3, 0.4) is 0 Å². The first-order chi connectivity index (χ1) is 13.6. The molecule has 2 aromatic rings. The minimum absolute atomic E-state index is 0.565. The molecule has 0 atom stereocenters. The Labute approximate surface area is 188 Å². The molecule has 0 unspecified atom stereocenters. The first kappa shape index (κ1) is 21.9. The van der Waals surface area contributed by atoms with E-state index < -0.39 is 29.3 Å². The van der Waals surface area contributed by atoms with Gasteiger partial charge in [-0.15, -0.1) is 34.9 Å². The molecule has 2 aliphatic rings. The summed E-state index contributed by atoms with van der Waals surface area (Å²) in [6.45, 7) is 7.03. The molecule has 0 aromatic heterocycles. The summed E-state index contributed by atoms with van der Waals surface area (Å²) in [5, 5.41) is 1.27. The van der Waals surface area contributed by atoms with Gasteiger partial charge in [-0.2, -0.15) is 5.22 Å². The molecule has 0 bridgehead atoms. The summed E-state index contributed by atoms with van der Waals surface area (Å²) in [5.74, 6) is 0. The normalized spacial score (nSPS) is 14.1. The van der Waals surface area contributed by atoms with Crippen LogP contribution in [0.5, 0.6) is 0 Å². The summed E-state index contributed by atoms with van der Waals surface area (Å²) in [7, 11) is 9.30. The molecule has 4 heteroatoms. The number of rotatable bonds is 3. The van der Waals surface area contributed by atoms with Crippen LogP contribution >= 0.6 is 17.0 Å². The van der Waals surface area contributed by atoms with E-state index in [1.165, 1.54) is 43.4 Å². The molecule has 0 N–H and O–H groups in total. The first-order valence-corrected chi connectivity index (χ1v) is 18.3. The molecule has 0 saturated carbocycles. The second-order valence-corrected chi connectivity index (χ2v) is 13.3. The van der Waals surface area contributed by atoms with Crippen molar-refractivity contribution in [3.63, 3.8) is 0 Å². The van der Waals surface area contributed by atoms with Gasteiger partial charge in [0.2, 0.25) is 0 Å². The van der Waals surface area contributed by atoms with Gasteiger partial charge >= 0.3 is 37.9 Å². The maximum atomic E-state index is 4.93. The first-order valence-electron chi connectivity index (χ1n) is 9.48. The quantitative estimate of drug-likeness (QED) is 0.313. The van der Waals surface area contributed by atoms with Crippen LogP contribution in [0, 0.1) is 4.81 Å². The Bertz CT molecular complexity index is 1080. The van der Waals surface area contributed by atoms with Crippen LogP contribution in [0.2, 0.25) is 13.1 Å². The van der Waals surface area contributed by atoms with Crippen molar-refractivity contribution in [3.8, 4) is 11.1 Å². The van der Waals surface area contributed by atoms with Gasteiger partial charge in [0, 0.05) is 8.41 Å². The molecule has 142 valence electrons. The van der Waals surface area contributed by atoms with Gasteiger partial charge in [-0.3, -0.25) is 0 Å². The summed E-state index contributed by atoms with van der Waals surface area (Å²) in [4.78, 5) is 1.53.